The van der Waals surface area contributed by atoms with E-state index in [1.54, 1.807) is 6.92 Å². The molecule has 6 nitrogen and oxygen atoms in total. The predicted molar refractivity (Wildman–Crippen MR) is 107 cm³/mol. The van der Waals surface area contributed by atoms with Crippen molar-refractivity contribution in [1.29, 1.82) is 0 Å². The summed E-state index contributed by atoms with van der Waals surface area (Å²) in [7, 11) is 0. The van der Waals surface area contributed by atoms with Gasteiger partial charge in [0.15, 0.2) is 12.4 Å². The summed E-state index contributed by atoms with van der Waals surface area (Å²) in [6.45, 7) is -0.162. The Morgan fingerprint density at radius 3 is 2.66 bits per heavy atom. The highest BCUT2D eigenvalue weighted by Crippen LogP contribution is 2.34. The normalized spacial score (nSPS) is 14.3. The highest BCUT2D eigenvalue weighted by molar-refractivity contribution is 6.29. The number of aromatic nitrogens is 2. The van der Waals surface area contributed by atoms with Crippen molar-refractivity contribution in [2.24, 2.45) is 0 Å². The first kappa shape index (κ1) is 23.5. The number of halogens is 6. The van der Waals surface area contributed by atoms with E-state index in [-0.39, 0.29) is 27.9 Å². The molecule has 0 radical (unpaired) electrons. The monoisotopic (exact) mass is 474 g/mol. The topological polar surface area (TPSA) is 90.1 Å². The summed E-state index contributed by atoms with van der Waals surface area (Å²) in [4.78, 5) is 20.3. The lowest BCUT2D eigenvalue weighted by molar-refractivity contribution is -0.153. The van der Waals surface area contributed by atoms with Crippen molar-refractivity contribution in [3.05, 3.63) is 58.0 Å². The number of hydrogen-bond donors (Lipinski definition) is 2. The van der Waals surface area contributed by atoms with Gasteiger partial charge in [0.25, 0.3) is 5.91 Å². The van der Waals surface area contributed by atoms with Crippen molar-refractivity contribution in [2.45, 2.75) is 25.9 Å². The minimum atomic E-state index is -4.74. The Balaban J connectivity index is 2.05. The van der Waals surface area contributed by atoms with Crippen LogP contribution in [0.2, 0.25) is 5.15 Å². The lowest BCUT2D eigenvalue weighted by Gasteiger charge is -2.18. The number of rotatable bonds is 5. The number of anilines is 1. The predicted octanol–water partition coefficient (Wildman–Crippen LogP) is 5.11. The van der Waals surface area contributed by atoms with Crippen LogP contribution in [0, 0.1) is 5.82 Å². The Morgan fingerprint density at radius 1 is 1.31 bits per heavy atom. The number of carbonyl (C=O) groups excluding carboxylic acids is 1. The number of hydrogen-bond acceptors (Lipinski definition) is 5. The highest BCUT2D eigenvalue weighted by Gasteiger charge is 2.30. The summed E-state index contributed by atoms with van der Waals surface area (Å²) in [6.07, 6.45) is -1.50. The van der Waals surface area contributed by atoms with Crippen LogP contribution in [0.4, 0.5) is 27.8 Å². The van der Waals surface area contributed by atoms with E-state index in [2.05, 4.69) is 15.3 Å². The van der Waals surface area contributed by atoms with E-state index in [0.29, 0.717) is 24.5 Å². The lowest BCUT2D eigenvalue weighted by Crippen LogP contribution is -2.27. The molecule has 0 saturated heterocycles. The van der Waals surface area contributed by atoms with Gasteiger partial charge in [0.1, 0.15) is 28.2 Å². The maximum atomic E-state index is 14.9. The van der Waals surface area contributed by atoms with Gasteiger partial charge in [0, 0.05) is 5.56 Å². The van der Waals surface area contributed by atoms with E-state index >= 15 is 0 Å². The van der Waals surface area contributed by atoms with Gasteiger partial charge in [-0.05, 0) is 43.5 Å². The second kappa shape index (κ2) is 9.11. The Morgan fingerprint density at radius 2 is 2.03 bits per heavy atom. The van der Waals surface area contributed by atoms with Gasteiger partial charge in [0.2, 0.25) is 0 Å². The number of allylic oxidation sites excluding steroid dienone is 3. The molecule has 0 fully saturated rings. The van der Waals surface area contributed by atoms with Gasteiger partial charge in [-0.3, -0.25) is 4.79 Å². The Kier molecular flexibility index (Phi) is 6.68. The third kappa shape index (κ3) is 5.34. The molecule has 1 amide bonds. The van der Waals surface area contributed by atoms with E-state index in [0.717, 1.165) is 12.3 Å². The second-order valence-electron chi connectivity index (χ2n) is 6.86. The van der Waals surface area contributed by atoms with Gasteiger partial charge in [0.05, 0.1) is 17.5 Å². The van der Waals surface area contributed by atoms with Crippen LogP contribution in [0.15, 0.2) is 41.5 Å². The zero-order chi connectivity index (χ0) is 23.6. The SMILES string of the molecule is CC1=C(NC(=O)c2cc(F)c(-c3ncc(Cl)nc3N)cc2OCC(F)(F)F)C(F)=CCC1. The molecular formula is C20H16ClF5N4O2. The molecule has 3 rings (SSSR count). The fourth-order valence-electron chi connectivity index (χ4n) is 2.97. The number of nitrogen functional groups attached to an aromatic ring is 1. The molecular weight excluding hydrogens is 459 g/mol. The average molecular weight is 475 g/mol. The summed E-state index contributed by atoms with van der Waals surface area (Å²) in [5.74, 6) is -3.68. The first-order chi connectivity index (χ1) is 15.0. The molecule has 0 saturated carbocycles. The molecule has 1 aliphatic rings. The molecule has 3 N–H and O–H groups in total. The Bertz CT molecular complexity index is 1130. The first-order valence-electron chi connectivity index (χ1n) is 9.15. The zero-order valence-corrected chi connectivity index (χ0v) is 17.2. The standard InChI is InChI=1S/C20H16ClF5N4O2/c1-9-3-2-4-12(22)16(9)30-19(31)11-5-13(23)10(6-14(11)32-8-20(24,25)26)17-18(27)29-15(21)7-28-17/h4-7H,2-3,8H2,1H3,(H2,27,29)(H,30,31). The molecule has 1 aromatic carbocycles. The second-order valence-corrected chi connectivity index (χ2v) is 7.25. The smallest absolute Gasteiger partial charge is 0.422 e. The number of ether oxygens (including phenoxy) is 1. The Hall–Kier alpha value is -3.21. The molecule has 0 spiro atoms. The molecule has 32 heavy (non-hydrogen) atoms. The van der Waals surface area contributed by atoms with Gasteiger partial charge in [-0.15, -0.1) is 0 Å². The van der Waals surface area contributed by atoms with Crippen molar-refractivity contribution in [1.82, 2.24) is 15.3 Å². The van der Waals surface area contributed by atoms with Gasteiger partial charge >= 0.3 is 6.18 Å². The molecule has 0 unspecified atom stereocenters. The minimum Gasteiger partial charge on any atom is -0.483 e. The van der Waals surface area contributed by atoms with Gasteiger partial charge in [-0.25, -0.2) is 18.7 Å². The van der Waals surface area contributed by atoms with Crippen LogP contribution in [-0.4, -0.2) is 28.7 Å². The van der Waals surface area contributed by atoms with Crippen molar-refractivity contribution in [3.8, 4) is 17.0 Å². The van der Waals surface area contributed by atoms with Crippen molar-refractivity contribution >= 4 is 23.3 Å². The van der Waals surface area contributed by atoms with E-state index in [1.807, 2.05) is 0 Å². The summed E-state index contributed by atoms with van der Waals surface area (Å²) < 4.78 is 71.9. The summed E-state index contributed by atoms with van der Waals surface area (Å²) in [5.41, 5.74) is 4.94. The van der Waals surface area contributed by atoms with Crippen LogP contribution in [-0.2, 0) is 0 Å². The summed E-state index contributed by atoms with van der Waals surface area (Å²) in [6, 6.07) is 1.50. The van der Waals surface area contributed by atoms with E-state index in [1.165, 1.54) is 6.08 Å². The van der Waals surface area contributed by atoms with Crippen LogP contribution in [0.25, 0.3) is 11.3 Å². The maximum absolute atomic E-state index is 14.9. The van der Waals surface area contributed by atoms with Crippen LogP contribution in [0.3, 0.4) is 0 Å². The van der Waals surface area contributed by atoms with Crippen LogP contribution in [0.5, 0.6) is 5.75 Å². The third-order valence-electron chi connectivity index (χ3n) is 4.48. The summed E-state index contributed by atoms with van der Waals surface area (Å²) in [5, 5.41) is 2.20. The number of carbonyl (C=O) groups is 1. The van der Waals surface area contributed by atoms with Crippen molar-refractivity contribution < 1.29 is 31.5 Å². The quantitative estimate of drug-likeness (QED) is 0.588. The first-order valence-corrected chi connectivity index (χ1v) is 9.52. The van der Waals surface area contributed by atoms with E-state index < -0.39 is 41.6 Å². The van der Waals surface area contributed by atoms with Gasteiger partial charge in [-0.2, -0.15) is 13.2 Å². The third-order valence-corrected chi connectivity index (χ3v) is 4.66. The van der Waals surface area contributed by atoms with Crippen LogP contribution in [0.1, 0.15) is 30.1 Å². The number of benzene rings is 1. The highest BCUT2D eigenvalue weighted by atomic mass is 35.5. The van der Waals surface area contributed by atoms with Crippen molar-refractivity contribution in [2.75, 3.05) is 12.3 Å². The number of amides is 1. The van der Waals surface area contributed by atoms with Crippen molar-refractivity contribution in [3.63, 3.8) is 0 Å². The van der Waals surface area contributed by atoms with Gasteiger partial charge < -0.3 is 15.8 Å². The van der Waals surface area contributed by atoms with Gasteiger partial charge in [-0.1, -0.05) is 11.6 Å². The number of nitrogens with zero attached hydrogens (tertiary/aromatic N) is 2. The molecule has 1 heterocycles. The molecule has 12 heteroatoms. The largest absolute Gasteiger partial charge is 0.483 e. The lowest BCUT2D eigenvalue weighted by atomic mass is 10.0. The Labute approximate surface area is 183 Å². The summed E-state index contributed by atoms with van der Waals surface area (Å²) >= 11 is 5.67. The number of nitrogens with one attached hydrogen (secondary N) is 1. The molecule has 0 aliphatic heterocycles. The van der Waals surface area contributed by atoms with E-state index in [9.17, 15) is 26.7 Å². The average Bonchev–Trinajstić information content (AvgIpc) is 2.69. The maximum Gasteiger partial charge on any atom is 0.422 e. The van der Waals surface area contributed by atoms with E-state index in [4.69, 9.17) is 22.1 Å². The molecule has 1 aliphatic carbocycles. The van der Waals surface area contributed by atoms with Crippen LogP contribution >= 0.6 is 11.6 Å². The molecule has 1 aromatic heterocycles. The molecule has 0 atom stereocenters. The molecule has 0 bridgehead atoms. The molecule has 2 aromatic rings. The minimum absolute atomic E-state index is 0.0811. The fraction of sp³-hybridized carbons (Fsp3) is 0.250. The number of nitrogens with two attached hydrogens (primary N) is 1. The number of alkyl halides is 3. The molecule has 170 valence electrons. The van der Waals surface area contributed by atoms with Crippen LogP contribution < -0.4 is 15.8 Å². The fourth-order valence-corrected chi connectivity index (χ4v) is 3.11. The zero-order valence-electron chi connectivity index (χ0n) is 16.5.